The minimum Gasteiger partial charge on any atom is -0.497 e. The van der Waals surface area contributed by atoms with E-state index in [1.54, 1.807) is 17.0 Å². The summed E-state index contributed by atoms with van der Waals surface area (Å²) in [4.78, 5) is 25.9. The van der Waals surface area contributed by atoms with Crippen LogP contribution in [-0.4, -0.2) is 69.3 Å². The molecule has 3 rings (SSSR count). The Balaban J connectivity index is 1.51. The first-order chi connectivity index (χ1) is 12.8. The van der Waals surface area contributed by atoms with Gasteiger partial charge in [0.2, 0.25) is 21.8 Å². The average molecular weight is 395 g/mol. The Morgan fingerprint density at radius 2 is 1.74 bits per heavy atom. The van der Waals surface area contributed by atoms with Crippen molar-refractivity contribution in [3.05, 3.63) is 24.3 Å². The van der Waals surface area contributed by atoms with E-state index in [9.17, 15) is 18.0 Å². The minimum absolute atomic E-state index is 0.0317. The molecule has 0 radical (unpaired) electrons. The summed E-state index contributed by atoms with van der Waals surface area (Å²) >= 11 is 0. The molecule has 0 unspecified atom stereocenters. The van der Waals surface area contributed by atoms with Gasteiger partial charge in [-0.1, -0.05) is 6.92 Å². The highest BCUT2D eigenvalue weighted by Gasteiger charge is 2.39. The average Bonchev–Trinajstić information content (AvgIpc) is 3.42. The molecule has 1 saturated heterocycles. The molecule has 2 atom stereocenters. The first-order valence-corrected chi connectivity index (χ1v) is 10.5. The Bertz CT molecular complexity index is 801. The SMILES string of the molecule is COc1ccc(S(=O)(=O)N2CCN(C(=O)CNC(=O)[C@H]3C[C@H]3C)CC2)cc1. The fraction of sp³-hybridized carbons (Fsp3) is 0.556. The van der Waals surface area contributed by atoms with Gasteiger partial charge in [-0.05, 0) is 36.6 Å². The first-order valence-electron chi connectivity index (χ1n) is 9.02. The highest BCUT2D eigenvalue weighted by Crippen LogP contribution is 2.37. The fourth-order valence-electron chi connectivity index (χ4n) is 3.17. The smallest absolute Gasteiger partial charge is 0.243 e. The van der Waals surface area contributed by atoms with E-state index in [0.29, 0.717) is 24.8 Å². The van der Waals surface area contributed by atoms with Crippen molar-refractivity contribution in [2.75, 3.05) is 39.8 Å². The second-order valence-corrected chi connectivity index (χ2v) is 8.94. The van der Waals surface area contributed by atoms with Crippen molar-refractivity contribution in [3.63, 3.8) is 0 Å². The van der Waals surface area contributed by atoms with Crippen LogP contribution in [0.5, 0.6) is 5.75 Å². The van der Waals surface area contributed by atoms with E-state index in [1.807, 2.05) is 6.92 Å². The summed E-state index contributed by atoms with van der Waals surface area (Å²) in [6.07, 6.45) is 0.877. The molecule has 1 aromatic rings. The van der Waals surface area contributed by atoms with Gasteiger partial charge in [0, 0.05) is 32.1 Å². The van der Waals surface area contributed by atoms with E-state index in [-0.39, 0.29) is 42.3 Å². The normalized spacial score (nSPS) is 23.0. The summed E-state index contributed by atoms with van der Waals surface area (Å²) in [6.45, 7) is 3.05. The number of hydrogen-bond donors (Lipinski definition) is 1. The number of piperazine rings is 1. The van der Waals surface area contributed by atoms with Crippen molar-refractivity contribution in [1.82, 2.24) is 14.5 Å². The zero-order valence-electron chi connectivity index (χ0n) is 15.6. The van der Waals surface area contributed by atoms with E-state index < -0.39 is 10.0 Å². The van der Waals surface area contributed by atoms with Crippen LogP contribution in [0.1, 0.15) is 13.3 Å². The summed E-state index contributed by atoms with van der Waals surface area (Å²) in [5.74, 6) is 0.762. The lowest BCUT2D eigenvalue weighted by Crippen LogP contribution is -2.52. The largest absolute Gasteiger partial charge is 0.497 e. The molecule has 1 aliphatic heterocycles. The Labute approximate surface area is 159 Å². The Kier molecular flexibility index (Phi) is 5.71. The number of sulfonamides is 1. The number of ether oxygens (including phenoxy) is 1. The van der Waals surface area contributed by atoms with Gasteiger partial charge in [-0.25, -0.2) is 8.42 Å². The van der Waals surface area contributed by atoms with Crippen LogP contribution in [0, 0.1) is 11.8 Å². The molecule has 9 heteroatoms. The highest BCUT2D eigenvalue weighted by atomic mass is 32.2. The molecule has 1 heterocycles. The monoisotopic (exact) mass is 395 g/mol. The molecule has 1 aliphatic carbocycles. The van der Waals surface area contributed by atoms with Gasteiger partial charge in [-0.15, -0.1) is 0 Å². The summed E-state index contributed by atoms with van der Waals surface area (Å²) in [7, 11) is -2.08. The molecule has 8 nitrogen and oxygen atoms in total. The van der Waals surface area contributed by atoms with Gasteiger partial charge in [0.05, 0.1) is 18.6 Å². The minimum atomic E-state index is -3.60. The van der Waals surface area contributed by atoms with Crippen LogP contribution in [0.25, 0.3) is 0 Å². The maximum Gasteiger partial charge on any atom is 0.243 e. The van der Waals surface area contributed by atoms with Crippen LogP contribution in [0.15, 0.2) is 29.2 Å². The lowest BCUT2D eigenvalue weighted by Gasteiger charge is -2.34. The second kappa shape index (κ2) is 7.85. The third-order valence-electron chi connectivity index (χ3n) is 5.15. The van der Waals surface area contributed by atoms with E-state index in [1.165, 1.54) is 23.5 Å². The molecular weight excluding hydrogens is 370 g/mol. The Hall–Kier alpha value is -2.13. The first kappa shape index (κ1) is 19.6. The zero-order valence-corrected chi connectivity index (χ0v) is 16.4. The quantitative estimate of drug-likeness (QED) is 0.747. The van der Waals surface area contributed by atoms with Crippen molar-refractivity contribution in [2.24, 2.45) is 11.8 Å². The molecule has 2 amide bonds. The van der Waals surface area contributed by atoms with Crippen LogP contribution >= 0.6 is 0 Å². The number of amides is 2. The van der Waals surface area contributed by atoms with Gasteiger partial charge in [0.15, 0.2) is 0 Å². The second-order valence-electron chi connectivity index (χ2n) is 7.00. The van der Waals surface area contributed by atoms with Gasteiger partial charge in [-0.3, -0.25) is 9.59 Å². The number of nitrogens with one attached hydrogen (secondary N) is 1. The maximum atomic E-state index is 12.7. The third kappa shape index (κ3) is 4.41. The van der Waals surface area contributed by atoms with Gasteiger partial charge in [0.1, 0.15) is 5.75 Å². The fourth-order valence-corrected chi connectivity index (χ4v) is 4.59. The zero-order chi connectivity index (χ0) is 19.6. The number of hydrogen-bond acceptors (Lipinski definition) is 5. The van der Waals surface area contributed by atoms with E-state index >= 15 is 0 Å². The molecule has 0 spiro atoms. The van der Waals surface area contributed by atoms with Gasteiger partial charge in [0.25, 0.3) is 0 Å². The van der Waals surface area contributed by atoms with Gasteiger partial charge >= 0.3 is 0 Å². The lowest BCUT2D eigenvalue weighted by atomic mass is 10.3. The van der Waals surface area contributed by atoms with Crippen molar-refractivity contribution < 1.29 is 22.7 Å². The molecule has 1 saturated carbocycles. The number of carbonyl (C=O) groups is 2. The van der Waals surface area contributed by atoms with Crippen LogP contribution in [0.4, 0.5) is 0 Å². The number of benzene rings is 1. The third-order valence-corrected chi connectivity index (χ3v) is 7.06. The van der Waals surface area contributed by atoms with Crippen molar-refractivity contribution in [2.45, 2.75) is 18.2 Å². The number of nitrogens with zero attached hydrogens (tertiary/aromatic N) is 2. The Morgan fingerprint density at radius 1 is 1.15 bits per heavy atom. The Morgan fingerprint density at radius 3 is 2.26 bits per heavy atom. The van der Waals surface area contributed by atoms with Crippen LogP contribution in [0.2, 0.25) is 0 Å². The van der Waals surface area contributed by atoms with Gasteiger partial charge < -0.3 is 15.0 Å². The highest BCUT2D eigenvalue weighted by molar-refractivity contribution is 7.89. The summed E-state index contributed by atoms with van der Waals surface area (Å²) < 4.78 is 31.9. The topological polar surface area (TPSA) is 96.0 Å². The number of rotatable bonds is 6. The predicted molar refractivity (Wildman–Crippen MR) is 98.6 cm³/mol. The van der Waals surface area contributed by atoms with Crippen molar-refractivity contribution in [3.8, 4) is 5.75 Å². The molecule has 0 bridgehead atoms. The van der Waals surface area contributed by atoms with Crippen LogP contribution < -0.4 is 10.1 Å². The number of carbonyl (C=O) groups excluding carboxylic acids is 2. The predicted octanol–water partition coefficient (Wildman–Crippen LogP) is 0.300. The molecule has 1 N–H and O–H groups in total. The molecule has 2 aliphatic rings. The summed E-state index contributed by atoms with van der Waals surface area (Å²) in [5, 5.41) is 2.68. The van der Waals surface area contributed by atoms with Crippen molar-refractivity contribution >= 4 is 21.8 Å². The lowest BCUT2D eigenvalue weighted by molar-refractivity contribution is -0.134. The van der Waals surface area contributed by atoms with E-state index in [4.69, 9.17) is 4.74 Å². The molecule has 0 aromatic heterocycles. The number of methoxy groups -OCH3 is 1. The summed E-state index contributed by atoms with van der Waals surface area (Å²) in [5.41, 5.74) is 0. The standard InChI is InChI=1S/C18H25N3O5S/c1-13-11-16(13)18(23)19-12-17(22)20-7-9-21(10-8-20)27(24,25)15-5-3-14(26-2)4-6-15/h3-6,13,16H,7-12H2,1-2H3,(H,19,23)/t13-,16+/m1/s1. The molecule has 27 heavy (non-hydrogen) atoms. The van der Waals surface area contributed by atoms with Crippen LogP contribution in [0.3, 0.4) is 0 Å². The molecular formula is C18H25N3O5S. The van der Waals surface area contributed by atoms with E-state index in [0.717, 1.165) is 6.42 Å². The van der Waals surface area contributed by atoms with Crippen LogP contribution in [-0.2, 0) is 19.6 Å². The maximum absolute atomic E-state index is 12.7. The molecule has 2 fully saturated rings. The molecule has 148 valence electrons. The van der Waals surface area contributed by atoms with E-state index in [2.05, 4.69) is 5.32 Å². The van der Waals surface area contributed by atoms with Crippen molar-refractivity contribution in [1.29, 1.82) is 0 Å². The molecule has 1 aromatic carbocycles. The van der Waals surface area contributed by atoms with Gasteiger partial charge in [-0.2, -0.15) is 4.31 Å². The summed E-state index contributed by atoms with van der Waals surface area (Å²) in [6, 6.07) is 6.24.